The third-order valence-electron chi connectivity index (χ3n) is 23.7. The average Bonchev–Trinajstić information content (AvgIpc) is 0.904. The molecule has 1 N–H and O–H groups in total. The van der Waals surface area contributed by atoms with E-state index in [1.165, 1.54) is 270 Å². The molecule has 4 unspecified atom stereocenters. The van der Waals surface area contributed by atoms with E-state index < -0.39 is 0 Å². The third kappa shape index (κ3) is 79.9. The third-order valence-corrected chi connectivity index (χ3v) is 26.2. The van der Waals surface area contributed by atoms with Gasteiger partial charge in [0, 0.05) is 62.4 Å². The van der Waals surface area contributed by atoms with Crippen LogP contribution in [0, 0.1) is 5.92 Å². The SMILES string of the molecule is CCCCCCSSCCOC(=O)CCN(CCCN(C)CC(C)CCCCCC(CCCCCC)OC(=O)CCCCCCCCC(CCCCCCCCC(=O)OC(CCCCCC)CCCCCC)NCCCN(C)C)C(CCCCCCCCC=O)CCCCCCCCC(=O)OC(CCCCCC)CCCCCC. The van der Waals surface area contributed by atoms with E-state index in [2.05, 4.69) is 89.6 Å². The Morgan fingerprint density at radius 3 is 1.08 bits per heavy atom. The van der Waals surface area contributed by atoms with Crippen LogP contribution in [0.2, 0.25) is 0 Å². The molecule has 15 heteroatoms. The average molecular weight is 1650 g/mol. The van der Waals surface area contributed by atoms with Crippen molar-refractivity contribution in [3.63, 3.8) is 0 Å². The molecule has 0 aliphatic carbocycles. The molecule has 0 heterocycles. The Kier molecular flexibility index (Phi) is 87.4. The molecule has 0 saturated heterocycles. The normalized spacial score (nSPS) is 12.9. The van der Waals surface area contributed by atoms with Crippen LogP contribution in [0.15, 0.2) is 0 Å². The number of carbonyl (C=O) groups is 5. The molecule has 4 atom stereocenters. The summed E-state index contributed by atoms with van der Waals surface area (Å²) in [6, 6.07) is 1.01. The fourth-order valence-corrected chi connectivity index (χ4v) is 18.4. The van der Waals surface area contributed by atoms with Gasteiger partial charge in [0.1, 0.15) is 31.2 Å². The van der Waals surface area contributed by atoms with Crippen molar-refractivity contribution in [2.45, 2.75) is 522 Å². The van der Waals surface area contributed by atoms with Gasteiger partial charge in [-0.2, -0.15) is 0 Å². The Labute approximate surface area is 716 Å². The first kappa shape index (κ1) is 112. The zero-order chi connectivity index (χ0) is 83.3. The maximum Gasteiger partial charge on any atom is 0.307 e. The van der Waals surface area contributed by atoms with Gasteiger partial charge in [0.05, 0.1) is 6.42 Å². The standard InChI is InChI=1S/C99H194N4O9S2/c1-11-17-23-52-70-93(71-53-24-18-12-2)110-97(106)76-58-42-34-31-38-48-66-91(100-80-63-81-101(8)9)67-49-39-32-35-43-59-77-99(108)112-95(74-56-27-21-15-5)75-57-46-47-65-90(7)89-102(10)82-64-83-103(84-79-96(105)109-86-88-114-113-87-62-28-22-16-6)92(68-50-40-30-29-37-45-61-85-104)69-51-41-33-36-44-60-78-98(107)111-94(72-54-25-19-13-3)73-55-26-20-14-4/h85,90-95,100H,11-84,86-89H2,1-10H3. The molecule has 114 heavy (non-hydrogen) atoms. The largest absolute Gasteiger partial charge is 0.465 e. The van der Waals surface area contributed by atoms with Crippen LogP contribution in [0.4, 0.5) is 0 Å². The van der Waals surface area contributed by atoms with Gasteiger partial charge in [0.25, 0.3) is 0 Å². The molecule has 0 aliphatic heterocycles. The molecule has 0 aromatic rings. The summed E-state index contributed by atoms with van der Waals surface area (Å²) >= 11 is 0. The van der Waals surface area contributed by atoms with Gasteiger partial charge in [0.2, 0.25) is 0 Å². The van der Waals surface area contributed by atoms with E-state index in [1.807, 2.05) is 21.6 Å². The first-order chi connectivity index (χ1) is 55.7. The first-order valence-electron chi connectivity index (χ1n) is 50.0. The maximum absolute atomic E-state index is 13.4. The van der Waals surface area contributed by atoms with Crippen LogP contribution < -0.4 is 5.32 Å². The number of hydrogen-bond acceptors (Lipinski definition) is 15. The quantitative estimate of drug-likeness (QED) is 0.0203. The van der Waals surface area contributed by atoms with Crippen LogP contribution >= 0.6 is 21.6 Å². The lowest BCUT2D eigenvalue weighted by Gasteiger charge is -2.33. The molecule has 0 radical (unpaired) electrons. The molecule has 13 nitrogen and oxygen atoms in total. The number of esters is 4. The van der Waals surface area contributed by atoms with Gasteiger partial charge in [-0.3, -0.25) is 24.1 Å². The van der Waals surface area contributed by atoms with E-state index in [9.17, 15) is 24.0 Å². The van der Waals surface area contributed by atoms with E-state index in [1.54, 1.807) is 0 Å². The van der Waals surface area contributed by atoms with Gasteiger partial charge < -0.3 is 38.9 Å². The minimum Gasteiger partial charge on any atom is -0.465 e. The molecule has 676 valence electrons. The Morgan fingerprint density at radius 2 is 0.675 bits per heavy atom. The molecular formula is C99H194N4O9S2. The van der Waals surface area contributed by atoms with Crippen LogP contribution in [0.1, 0.15) is 492 Å². The summed E-state index contributed by atoms with van der Waals surface area (Å²) in [6.45, 7) is 22.5. The zero-order valence-corrected chi connectivity index (χ0v) is 79.2. The number of nitrogens with one attached hydrogen (secondary N) is 1. The minimum absolute atomic E-state index is 0.00638. The van der Waals surface area contributed by atoms with Gasteiger partial charge in [-0.15, -0.1) is 0 Å². The summed E-state index contributed by atoms with van der Waals surface area (Å²) in [6.07, 6.45) is 79.0. The summed E-state index contributed by atoms with van der Waals surface area (Å²) in [7, 11) is 10.4. The summed E-state index contributed by atoms with van der Waals surface area (Å²) in [5.41, 5.74) is 0. The van der Waals surface area contributed by atoms with Gasteiger partial charge in [-0.1, -0.05) is 327 Å². The molecule has 0 saturated carbocycles. The summed E-state index contributed by atoms with van der Waals surface area (Å²) in [5, 5.41) is 3.94. The van der Waals surface area contributed by atoms with Gasteiger partial charge in [-0.25, -0.2) is 0 Å². The predicted octanol–water partition coefficient (Wildman–Crippen LogP) is 28.6. The number of aldehydes is 1. The van der Waals surface area contributed by atoms with Crippen molar-refractivity contribution in [1.29, 1.82) is 0 Å². The van der Waals surface area contributed by atoms with Crippen molar-refractivity contribution in [2.24, 2.45) is 5.92 Å². The molecule has 0 fully saturated rings. The minimum atomic E-state index is -0.0691. The van der Waals surface area contributed by atoms with Gasteiger partial charge in [-0.05, 0) is 207 Å². The Hall–Kier alpha value is -1.91. The van der Waals surface area contributed by atoms with Crippen molar-refractivity contribution >= 4 is 51.8 Å². The number of hydrogen-bond donors (Lipinski definition) is 1. The van der Waals surface area contributed by atoms with Crippen molar-refractivity contribution in [1.82, 2.24) is 20.0 Å². The second-order valence-corrected chi connectivity index (χ2v) is 38.2. The summed E-state index contributed by atoms with van der Waals surface area (Å²) < 4.78 is 24.3. The van der Waals surface area contributed by atoms with Crippen LogP contribution in [-0.2, 0) is 42.9 Å². The van der Waals surface area contributed by atoms with E-state index in [-0.39, 0.29) is 42.2 Å². The summed E-state index contributed by atoms with van der Waals surface area (Å²) in [4.78, 5) is 71.2. The highest BCUT2D eigenvalue weighted by atomic mass is 33.1. The second kappa shape index (κ2) is 88.9. The Bertz CT molecular complexity index is 2020. The highest BCUT2D eigenvalue weighted by Crippen LogP contribution is 2.27. The van der Waals surface area contributed by atoms with Crippen LogP contribution in [-0.4, -0.2) is 154 Å². The van der Waals surface area contributed by atoms with Crippen molar-refractivity contribution < 1.29 is 42.9 Å². The molecule has 0 aromatic heterocycles. The highest BCUT2D eigenvalue weighted by molar-refractivity contribution is 8.76. The number of nitrogens with zero attached hydrogens (tertiary/aromatic N) is 3. The van der Waals surface area contributed by atoms with Gasteiger partial charge >= 0.3 is 23.9 Å². The number of ether oxygens (including phenoxy) is 4. The van der Waals surface area contributed by atoms with E-state index in [4.69, 9.17) is 18.9 Å². The number of carbonyl (C=O) groups excluding carboxylic acids is 5. The first-order valence-corrected chi connectivity index (χ1v) is 52.5. The van der Waals surface area contributed by atoms with E-state index in [0.29, 0.717) is 56.7 Å². The second-order valence-electron chi connectivity index (χ2n) is 35.5. The topological polar surface area (TPSA) is 144 Å². The Morgan fingerprint density at radius 1 is 0.333 bits per heavy atom. The monoisotopic (exact) mass is 1650 g/mol. The predicted molar refractivity (Wildman–Crippen MR) is 497 cm³/mol. The fraction of sp³-hybridized carbons (Fsp3) is 0.949. The molecular weight excluding hydrogens is 1450 g/mol. The molecule has 0 amide bonds. The van der Waals surface area contributed by atoms with Crippen molar-refractivity contribution in [3.05, 3.63) is 0 Å². The van der Waals surface area contributed by atoms with Crippen molar-refractivity contribution in [2.75, 3.05) is 78.5 Å². The molecule has 0 bridgehead atoms. The van der Waals surface area contributed by atoms with Crippen LogP contribution in [0.25, 0.3) is 0 Å². The van der Waals surface area contributed by atoms with E-state index in [0.717, 1.165) is 198 Å². The lowest BCUT2D eigenvalue weighted by Crippen LogP contribution is -2.39. The van der Waals surface area contributed by atoms with Crippen molar-refractivity contribution in [3.8, 4) is 0 Å². The van der Waals surface area contributed by atoms with Crippen LogP contribution in [0.3, 0.4) is 0 Å². The lowest BCUT2D eigenvalue weighted by molar-refractivity contribution is -0.151. The highest BCUT2D eigenvalue weighted by Gasteiger charge is 2.23. The maximum atomic E-state index is 13.4. The molecule has 0 aromatic carbocycles. The van der Waals surface area contributed by atoms with E-state index >= 15 is 0 Å². The Balaban J connectivity index is 5.35. The fourth-order valence-electron chi connectivity index (χ4n) is 16.5. The number of rotatable bonds is 94. The lowest BCUT2D eigenvalue weighted by atomic mass is 9.98. The molecule has 0 spiro atoms. The smallest absolute Gasteiger partial charge is 0.307 e. The molecule has 0 rings (SSSR count). The van der Waals surface area contributed by atoms with Gasteiger partial charge in [0.15, 0.2) is 0 Å². The number of unbranched alkanes of at least 4 members (excludes halogenated alkanes) is 41. The van der Waals surface area contributed by atoms with Crippen LogP contribution in [0.5, 0.6) is 0 Å². The molecule has 0 aliphatic rings. The zero-order valence-electron chi connectivity index (χ0n) is 77.5. The summed E-state index contributed by atoms with van der Waals surface area (Å²) in [5.74, 6) is 2.57.